The van der Waals surface area contributed by atoms with Gasteiger partial charge in [0.1, 0.15) is 0 Å². The van der Waals surface area contributed by atoms with Crippen molar-refractivity contribution in [1.29, 1.82) is 0 Å². The average Bonchev–Trinajstić information content (AvgIpc) is 2.03. The Kier molecular flexibility index (Phi) is 8.14. The summed E-state index contributed by atoms with van der Waals surface area (Å²) in [5, 5.41) is 0. The van der Waals surface area contributed by atoms with Gasteiger partial charge in [-0.05, 0) is 26.8 Å². The summed E-state index contributed by atoms with van der Waals surface area (Å²) < 4.78 is 10.9. The molecule has 0 fully saturated rings. The highest BCUT2D eigenvalue weighted by Gasteiger charge is 2.11. The van der Waals surface area contributed by atoms with Gasteiger partial charge in [0, 0.05) is 26.3 Å². The van der Waals surface area contributed by atoms with E-state index < -0.39 is 0 Å². The normalized spacial score (nSPS) is 12.0. The third kappa shape index (κ3) is 7.30. The molecule has 0 atom stereocenters. The van der Waals surface area contributed by atoms with E-state index in [1.54, 1.807) is 0 Å². The van der Waals surface area contributed by atoms with E-state index in [-0.39, 0.29) is 6.29 Å². The molecule has 0 aliphatic heterocycles. The Labute approximate surface area is 88.4 Å². The Hall–Kier alpha value is -0.120. The minimum atomic E-state index is -0.0752. The first-order valence-corrected chi connectivity index (χ1v) is 5.51. The lowest BCUT2D eigenvalue weighted by Crippen LogP contribution is -2.35. The lowest BCUT2D eigenvalue weighted by atomic mass is 10.2. The predicted molar refractivity (Wildman–Crippen MR) is 59.4 cm³/mol. The average molecular weight is 203 g/mol. The zero-order valence-corrected chi connectivity index (χ0v) is 10.2. The number of ether oxygens (including phenoxy) is 2. The SMILES string of the molecule is CCOC(CN(C)CC(C)C)OCC. The van der Waals surface area contributed by atoms with Crippen LogP contribution in [0, 0.1) is 5.92 Å². The Morgan fingerprint density at radius 2 is 1.50 bits per heavy atom. The molecule has 0 heterocycles. The van der Waals surface area contributed by atoms with Crippen LogP contribution in [0.4, 0.5) is 0 Å². The van der Waals surface area contributed by atoms with E-state index in [0.717, 1.165) is 13.1 Å². The van der Waals surface area contributed by atoms with Crippen molar-refractivity contribution in [2.75, 3.05) is 33.4 Å². The van der Waals surface area contributed by atoms with Crippen LogP contribution in [0.25, 0.3) is 0 Å². The molecule has 0 aliphatic carbocycles. The highest BCUT2D eigenvalue weighted by molar-refractivity contribution is 4.57. The monoisotopic (exact) mass is 203 g/mol. The third-order valence-corrected chi connectivity index (χ3v) is 1.84. The fourth-order valence-electron chi connectivity index (χ4n) is 1.48. The summed E-state index contributed by atoms with van der Waals surface area (Å²) in [6, 6.07) is 0. The van der Waals surface area contributed by atoms with Crippen LogP contribution < -0.4 is 0 Å². The van der Waals surface area contributed by atoms with Crippen LogP contribution in [0.1, 0.15) is 27.7 Å². The lowest BCUT2D eigenvalue weighted by molar-refractivity contribution is -0.145. The Morgan fingerprint density at radius 3 is 1.86 bits per heavy atom. The van der Waals surface area contributed by atoms with Crippen molar-refractivity contribution >= 4 is 0 Å². The molecule has 0 aromatic heterocycles. The smallest absolute Gasteiger partial charge is 0.170 e. The molecule has 0 unspecified atom stereocenters. The van der Waals surface area contributed by atoms with E-state index in [0.29, 0.717) is 19.1 Å². The second-order valence-corrected chi connectivity index (χ2v) is 3.96. The fraction of sp³-hybridized carbons (Fsp3) is 1.00. The molecule has 86 valence electrons. The van der Waals surface area contributed by atoms with E-state index in [9.17, 15) is 0 Å². The highest BCUT2D eigenvalue weighted by atomic mass is 16.7. The number of hydrogen-bond donors (Lipinski definition) is 0. The number of nitrogens with zero attached hydrogens (tertiary/aromatic N) is 1. The van der Waals surface area contributed by atoms with Crippen LogP contribution in [0.2, 0.25) is 0 Å². The summed E-state index contributed by atoms with van der Waals surface area (Å²) in [6.07, 6.45) is -0.0752. The van der Waals surface area contributed by atoms with Gasteiger partial charge in [-0.3, -0.25) is 0 Å². The Morgan fingerprint density at radius 1 is 1.00 bits per heavy atom. The van der Waals surface area contributed by atoms with Gasteiger partial charge >= 0.3 is 0 Å². The molecule has 0 spiro atoms. The molecule has 0 saturated carbocycles. The molecule has 0 aliphatic rings. The van der Waals surface area contributed by atoms with Crippen LogP contribution in [-0.2, 0) is 9.47 Å². The molecule has 3 nitrogen and oxygen atoms in total. The second-order valence-electron chi connectivity index (χ2n) is 3.96. The summed E-state index contributed by atoms with van der Waals surface area (Å²) in [5.74, 6) is 0.684. The first-order chi connectivity index (χ1) is 6.60. The van der Waals surface area contributed by atoms with Crippen molar-refractivity contribution < 1.29 is 9.47 Å². The van der Waals surface area contributed by atoms with Gasteiger partial charge in [0.2, 0.25) is 0 Å². The van der Waals surface area contributed by atoms with Crippen LogP contribution >= 0.6 is 0 Å². The van der Waals surface area contributed by atoms with E-state index in [1.165, 1.54) is 0 Å². The molecule has 0 aromatic carbocycles. The summed E-state index contributed by atoms with van der Waals surface area (Å²) in [5.41, 5.74) is 0. The van der Waals surface area contributed by atoms with Gasteiger partial charge in [-0.1, -0.05) is 13.8 Å². The lowest BCUT2D eigenvalue weighted by Gasteiger charge is -2.24. The highest BCUT2D eigenvalue weighted by Crippen LogP contribution is 2.01. The largest absolute Gasteiger partial charge is 0.352 e. The van der Waals surface area contributed by atoms with Crippen molar-refractivity contribution in [3.63, 3.8) is 0 Å². The second kappa shape index (κ2) is 8.21. The van der Waals surface area contributed by atoms with Crippen LogP contribution in [0.3, 0.4) is 0 Å². The molecular weight excluding hydrogens is 178 g/mol. The van der Waals surface area contributed by atoms with Gasteiger partial charge in [0.25, 0.3) is 0 Å². The van der Waals surface area contributed by atoms with Crippen molar-refractivity contribution in [2.45, 2.75) is 34.0 Å². The van der Waals surface area contributed by atoms with Gasteiger partial charge < -0.3 is 14.4 Å². The van der Waals surface area contributed by atoms with E-state index in [2.05, 4.69) is 25.8 Å². The van der Waals surface area contributed by atoms with Crippen LogP contribution in [0.15, 0.2) is 0 Å². The molecule has 0 radical (unpaired) electrons. The zero-order chi connectivity index (χ0) is 11.0. The maximum absolute atomic E-state index is 5.47. The summed E-state index contributed by atoms with van der Waals surface area (Å²) in [6.45, 7) is 11.8. The minimum Gasteiger partial charge on any atom is -0.352 e. The van der Waals surface area contributed by atoms with Crippen molar-refractivity contribution in [3.8, 4) is 0 Å². The molecule has 0 N–H and O–H groups in total. The van der Waals surface area contributed by atoms with Crippen molar-refractivity contribution in [1.82, 2.24) is 4.90 Å². The summed E-state index contributed by atoms with van der Waals surface area (Å²) >= 11 is 0. The fourth-order valence-corrected chi connectivity index (χ4v) is 1.48. The molecule has 3 heteroatoms. The topological polar surface area (TPSA) is 21.7 Å². The zero-order valence-electron chi connectivity index (χ0n) is 10.2. The molecule has 0 saturated heterocycles. The van der Waals surface area contributed by atoms with E-state index >= 15 is 0 Å². The molecular formula is C11H25NO2. The van der Waals surface area contributed by atoms with Crippen LogP contribution in [-0.4, -0.2) is 44.5 Å². The Balaban J connectivity index is 3.76. The molecule has 0 bridgehead atoms. The van der Waals surface area contributed by atoms with Gasteiger partial charge in [-0.15, -0.1) is 0 Å². The molecule has 0 aromatic rings. The van der Waals surface area contributed by atoms with Gasteiger partial charge in [-0.2, -0.15) is 0 Å². The van der Waals surface area contributed by atoms with Crippen molar-refractivity contribution in [3.05, 3.63) is 0 Å². The van der Waals surface area contributed by atoms with E-state index in [1.807, 2.05) is 13.8 Å². The third-order valence-electron chi connectivity index (χ3n) is 1.84. The van der Waals surface area contributed by atoms with Gasteiger partial charge in [0.15, 0.2) is 6.29 Å². The van der Waals surface area contributed by atoms with E-state index in [4.69, 9.17) is 9.47 Å². The number of rotatable bonds is 8. The summed E-state index contributed by atoms with van der Waals surface area (Å²) in [7, 11) is 2.10. The maximum Gasteiger partial charge on any atom is 0.170 e. The quantitative estimate of drug-likeness (QED) is 0.563. The van der Waals surface area contributed by atoms with Crippen molar-refractivity contribution in [2.24, 2.45) is 5.92 Å². The number of likely N-dealkylation sites (N-methyl/N-ethyl adjacent to an activating group) is 1. The minimum absolute atomic E-state index is 0.0752. The maximum atomic E-state index is 5.47. The van der Waals surface area contributed by atoms with Gasteiger partial charge in [-0.25, -0.2) is 0 Å². The molecule has 14 heavy (non-hydrogen) atoms. The standard InChI is InChI=1S/C11H25NO2/c1-6-13-11(14-7-2)9-12(5)8-10(3)4/h10-11H,6-9H2,1-5H3. The number of hydrogen-bond acceptors (Lipinski definition) is 3. The molecule has 0 rings (SSSR count). The first kappa shape index (κ1) is 13.9. The Bertz CT molecular complexity index is 122. The molecule has 0 amide bonds. The van der Waals surface area contributed by atoms with Gasteiger partial charge in [0.05, 0.1) is 0 Å². The predicted octanol–water partition coefficient (Wildman–Crippen LogP) is 1.97. The first-order valence-electron chi connectivity index (χ1n) is 5.51. The summed E-state index contributed by atoms with van der Waals surface area (Å²) in [4.78, 5) is 2.25. The van der Waals surface area contributed by atoms with Crippen LogP contribution in [0.5, 0.6) is 0 Å².